The lowest BCUT2D eigenvalue weighted by Crippen LogP contribution is -2.39. The predicted octanol–water partition coefficient (Wildman–Crippen LogP) is 1.82. The van der Waals surface area contributed by atoms with Gasteiger partial charge in [0.05, 0.1) is 6.61 Å². The minimum absolute atomic E-state index is 0.175. The van der Waals surface area contributed by atoms with Crippen LogP contribution in [0.4, 0.5) is 4.39 Å². The normalized spacial score (nSPS) is 11.8. The number of carbonyl (C=O) groups excluding carboxylic acids is 2. The van der Waals surface area contributed by atoms with Crippen LogP contribution in [-0.4, -0.2) is 24.5 Å². The highest BCUT2D eigenvalue weighted by molar-refractivity contribution is 5.96. The minimum Gasteiger partial charge on any atom is -0.464 e. The molecule has 0 saturated heterocycles. The number of esters is 1. The van der Waals surface area contributed by atoms with E-state index < -0.39 is 23.7 Å². The van der Waals surface area contributed by atoms with Crippen LogP contribution in [0.15, 0.2) is 18.2 Å². The van der Waals surface area contributed by atoms with Gasteiger partial charge < -0.3 is 10.1 Å². The molecule has 1 aromatic carbocycles. The van der Waals surface area contributed by atoms with Crippen LogP contribution >= 0.6 is 0 Å². The smallest absolute Gasteiger partial charge is 0.328 e. The number of benzene rings is 1. The van der Waals surface area contributed by atoms with E-state index in [0.717, 1.165) is 6.07 Å². The van der Waals surface area contributed by atoms with Crippen LogP contribution in [0.1, 0.15) is 29.8 Å². The lowest BCUT2D eigenvalue weighted by atomic mass is 10.1. The Kier molecular flexibility index (Phi) is 4.83. The Hall–Kier alpha value is -1.91. The summed E-state index contributed by atoms with van der Waals surface area (Å²) in [6.45, 7) is 5.05. The zero-order chi connectivity index (χ0) is 13.7. The average molecular weight is 253 g/mol. The van der Waals surface area contributed by atoms with Crippen molar-refractivity contribution in [3.63, 3.8) is 0 Å². The molecule has 18 heavy (non-hydrogen) atoms. The number of halogens is 1. The fourth-order valence-electron chi connectivity index (χ4n) is 1.34. The van der Waals surface area contributed by atoms with Crippen LogP contribution in [0, 0.1) is 12.7 Å². The molecule has 0 aliphatic rings. The highest BCUT2D eigenvalue weighted by atomic mass is 19.1. The van der Waals surface area contributed by atoms with E-state index >= 15 is 0 Å². The summed E-state index contributed by atoms with van der Waals surface area (Å²) in [5.74, 6) is -1.47. The summed E-state index contributed by atoms with van der Waals surface area (Å²) in [6.07, 6.45) is 0. The Morgan fingerprint density at radius 3 is 2.67 bits per heavy atom. The fraction of sp³-hybridized carbons (Fsp3) is 0.385. The highest BCUT2D eigenvalue weighted by Gasteiger charge is 2.17. The molecule has 0 spiro atoms. The summed E-state index contributed by atoms with van der Waals surface area (Å²) in [7, 11) is 0. The van der Waals surface area contributed by atoms with Crippen molar-refractivity contribution >= 4 is 11.9 Å². The molecule has 0 saturated carbocycles. The zero-order valence-corrected chi connectivity index (χ0v) is 10.6. The van der Waals surface area contributed by atoms with E-state index in [9.17, 15) is 14.0 Å². The third-order valence-electron chi connectivity index (χ3n) is 2.42. The quantitative estimate of drug-likeness (QED) is 0.833. The van der Waals surface area contributed by atoms with Crippen molar-refractivity contribution < 1.29 is 18.7 Å². The molecule has 0 radical (unpaired) electrons. The second-order valence-electron chi connectivity index (χ2n) is 3.91. The zero-order valence-electron chi connectivity index (χ0n) is 10.6. The van der Waals surface area contributed by atoms with Crippen molar-refractivity contribution in [2.75, 3.05) is 6.61 Å². The molecule has 1 rings (SSSR count). The van der Waals surface area contributed by atoms with Gasteiger partial charge in [0.15, 0.2) is 0 Å². The van der Waals surface area contributed by atoms with Crippen molar-refractivity contribution in [2.24, 2.45) is 0 Å². The molecule has 0 bridgehead atoms. The second kappa shape index (κ2) is 6.14. The van der Waals surface area contributed by atoms with Crippen molar-refractivity contribution in [1.82, 2.24) is 5.32 Å². The van der Waals surface area contributed by atoms with E-state index in [1.807, 2.05) is 0 Å². The molecule has 5 heteroatoms. The van der Waals surface area contributed by atoms with Gasteiger partial charge in [0.2, 0.25) is 0 Å². The summed E-state index contributed by atoms with van der Waals surface area (Å²) in [4.78, 5) is 23.1. The topological polar surface area (TPSA) is 55.4 Å². The number of carbonyl (C=O) groups is 2. The molecule has 1 amide bonds. The molecule has 1 N–H and O–H groups in total. The van der Waals surface area contributed by atoms with E-state index in [0.29, 0.717) is 5.56 Å². The van der Waals surface area contributed by atoms with Gasteiger partial charge in [-0.1, -0.05) is 6.07 Å². The third kappa shape index (κ3) is 3.55. The summed E-state index contributed by atoms with van der Waals surface area (Å²) in [5.41, 5.74) is 0.638. The van der Waals surface area contributed by atoms with Gasteiger partial charge in [-0.2, -0.15) is 0 Å². The largest absolute Gasteiger partial charge is 0.464 e. The van der Waals surface area contributed by atoms with Crippen molar-refractivity contribution in [3.8, 4) is 0 Å². The van der Waals surface area contributed by atoms with Crippen LogP contribution < -0.4 is 5.32 Å². The van der Waals surface area contributed by atoms with Gasteiger partial charge >= 0.3 is 5.97 Å². The van der Waals surface area contributed by atoms with Crippen molar-refractivity contribution in [3.05, 3.63) is 35.1 Å². The SMILES string of the molecule is CCOC(=O)C(C)NC(=O)c1ccc(C)c(F)c1. The number of nitrogens with one attached hydrogen (secondary N) is 1. The first-order chi connectivity index (χ1) is 8.45. The molecule has 1 atom stereocenters. The molecule has 1 aromatic rings. The Balaban J connectivity index is 2.70. The van der Waals surface area contributed by atoms with Crippen LogP contribution in [0.2, 0.25) is 0 Å². The summed E-state index contributed by atoms with van der Waals surface area (Å²) < 4.78 is 18.0. The Morgan fingerprint density at radius 1 is 1.44 bits per heavy atom. The molecule has 0 fully saturated rings. The molecule has 0 aromatic heterocycles. The van der Waals surface area contributed by atoms with E-state index in [-0.39, 0.29) is 12.2 Å². The number of rotatable bonds is 4. The van der Waals surface area contributed by atoms with Gasteiger partial charge in [-0.3, -0.25) is 4.79 Å². The van der Waals surface area contributed by atoms with Gasteiger partial charge in [0.1, 0.15) is 11.9 Å². The molecule has 0 aliphatic heterocycles. The lowest BCUT2D eigenvalue weighted by Gasteiger charge is -2.12. The molecule has 0 aliphatic carbocycles. The monoisotopic (exact) mass is 253 g/mol. The van der Waals surface area contributed by atoms with Crippen molar-refractivity contribution in [2.45, 2.75) is 26.8 Å². The van der Waals surface area contributed by atoms with Crippen LogP contribution in [0.25, 0.3) is 0 Å². The van der Waals surface area contributed by atoms with E-state index in [4.69, 9.17) is 4.74 Å². The van der Waals surface area contributed by atoms with Gasteiger partial charge in [-0.25, -0.2) is 9.18 Å². The number of amides is 1. The highest BCUT2D eigenvalue weighted by Crippen LogP contribution is 2.09. The molecular weight excluding hydrogens is 237 g/mol. The molecule has 0 heterocycles. The molecule has 4 nitrogen and oxygen atoms in total. The van der Waals surface area contributed by atoms with Crippen LogP contribution in [-0.2, 0) is 9.53 Å². The second-order valence-corrected chi connectivity index (χ2v) is 3.91. The maximum atomic E-state index is 13.3. The Morgan fingerprint density at radius 2 is 2.11 bits per heavy atom. The molecule has 98 valence electrons. The van der Waals surface area contributed by atoms with Gasteiger partial charge in [0.25, 0.3) is 5.91 Å². The summed E-state index contributed by atoms with van der Waals surface area (Å²) >= 11 is 0. The van der Waals surface area contributed by atoms with E-state index in [2.05, 4.69) is 5.32 Å². The number of ether oxygens (including phenoxy) is 1. The number of aryl methyl sites for hydroxylation is 1. The van der Waals surface area contributed by atoms with Gasteiger partial charge in [-0.15, -0.1) is 0 Å². The Labute approximate surface area is 105 Å². The van der Waals surface area contributed by atoms with Crippen LogP contribution in [0.3, 0.4) is 0 Å². The molecule has 1 unspecified atom stereocenters. The average Bonchev–Trinajstić information content (AvgIpc) is 2.32. The third-order valence-corrected chi connectivity index (χ3v) is 2.42. The maximum absolute atomic E-state index is 13.3. The first-order valence-electron chi connectivity index (χ1n) is 5.69. The minimum atomic E-state index is -0.762. The maximum Gasteiger partial charge on any atom is 0.328 e. The van der Waals surface area contributed by atoms with Gasteiger partial charge in [0, 0.05) is 5.56 Å². The van der Waals surface area contributed by atoms with E-state index in [1.165, 1.54) is 19.1 Å². The fourth-order valence-corrected chi connectivity index (χ4v) is 1.34. The number of hydrogen-bond acceptors (Lipinski definition) is 3. The van der Waals surface area contributed by atoms with Gasteiger partial charge in [-0.05, 0) is 38.5 Å². The standard InChI is InChI=1S/C13H16FNO3/c1-4-18-13(17)9(3)15-12(16)10-6-5-8(2)11(14)7-10/h5-7,9H,4H2,1-3H3,(H,15,16). The Bertz CT molecular complexity index is 460. The van der Waals surface area contributed by atoms with Crippen molar-refractivity contribution in [1.29, 1.82) is 0 Å². The summed E-state index contributed by atoms with van der Waals surface area (Å²) in [6, 6.07) is 3.40. The lowest BCUT2D eigenvalue weighted by molar-refractivity contribution is -0.144. The van der Waals surface area contributed by atoms with Crippen LogP contribution in [0.5, 0.6) is 0 Å². The molecular formula is C13H16FNO3. The summed E-state index contributed by atoms with van der Waals surface area (Å²) in [5, 5.41) is 2.45. The van der Waals surface area contributed by atoms with E-state index in [1.54, 1.807) is 13.8 Å². The number of hydrogen-bond donors (Lipinski definition) is 1. The first kappa shape index (κ1) is 14.2. The predicted molar refractivity (Wildman–Crippen MR) is 64.7 cm³/mol. The first-order valence-corrected chi connectivity index (χ1v) is 5.69.